The van der Waals surface area contributed by atoms with E-state index in [0.29, 0.717) is 38.7 Å². The molecule has 1 amide bonds. The van der Waals surface area contributed by atoms with E-state index < -0.39 is 5.82 Å². The van der Waals surface area contributed by atoms with Crippen LogP contribution in [0.1, 0.15) is 30.4 Å². The van der Waals surface area contributed by atoms with Gasteiger partial charge in [0, 0.05) is 28.1 Å². The number of H-pyrrole nitrogens is 2. The highest BCUT2D eigenvalue weighted by Crippen LogP contribution is 2.36. The first-order valence-corrected chi connectivity index (χ1v) is 13.0. The molecule has 0 unspecified atom stereocenters. The summed E-state index contributed by atoms with van der Waals surface area (Å²) < 4.78 is 16.0. The molecule has 0 fully saturated rings. The molecule has 6 aromatic rings. The first-order valence-electron chi connectivity index (χ1n) is 12.2. The van der Waals surface area contributed by atoms with Gasteiger partial charge in [-0.3, -0.25) is 24.7 Å². The summed E-state index contributed by atoms with van der Waals surface area (Å²) in [5, 5.41) is 10.2. The number of aromatic nitrogens is 6. The zero-order valence-electron chi connectivity index (χ0n) is 21.2. The van der Waals surface area contributed by atoms with Crippen LogP contribution in [0.15, 0.2) is 55.0 Å². The van der Waals surface area contributed by atoms with Gasteiger partial charge in [0.2, 0.25) is 5.91 Å². The summed E-state index contributed by atoms with van der Waals surface area (Å²) in [6.07, 6.45) is 4.50. The Hall–Kier alpha value is -4.77. The molecule has 0 aliphatic carbocycles. The molecule has 0 bridgehead atoms. The van der Waals surface area contributed by atoms with Gasteiger partial charge in [-0.2, -0.15) is 5.10 Å². The molecule has 0 atom stereocenters. The molecule has 0 saturated carbocycles. The van der Waals surface area contributed by atoms with Crippen LogP contribution in [0.25, 0.3) is 55.2 Å². The van der Waals surface area contributed by atoms with Crippen molar-refractivity contribution in [2.75, 3.05) is 5.32 Å². The minimum Gasteiger partial charge on any atom is -0.337 e. The van der Waals surface area contributed by atoms with E-state index in [1.54, 1.807) is 26.0 Å². The molecule has 194 valence electrons. The van der Waals surface area contributed by atoms with Gasteiger partial charge in [0.15, 0.2) is 17.4 Å². The number of carbonyl (C=O) groups excluding carboxylic acids is 2. The number of thiophene rings is 1. The number of nitrogens with zero attached hydrogens (tertiary/aromatic N) is 4. The molecule has 0 aliphatic rings. The van der Waals surface area contributed by atoms with Crippen molar-refractivity contribution in [2.45, 2.75) is 20.8 Å². The quantitative estimate of drug-likeness (QED) is 0.215. The number of benzene rings is 1. The van der Waals surface area contributed by atoms with Gasteiger partial charge < -0.3 is 10.3 Å². The highest BCUT2D eigenvalue weighted by atomic mass is 32.1. The average molecular weight is 540 g/mol. The van der Waals surface area contributed by atoms with Crippen LogP contribution in [0.2, 0.25) is 0 Å². The van der Waals surface area contributed by atoms with Gasteiger partial charge in [0.25, 0.3) is 0 Å². The average Bonchev–Trinajstić information content (AvgIpc) is 3.66. The number of amides is 1. The number of halogens is 1. The number of hydrogen-bond acceptors (Lipinski definition) is 7. The summed E-state index contributed by atoms with van der Waals surface area (Å²) in [6, 6.07) is 11.1. The fraction of sp³-hybridized carbons (Fsp3) is 0.143. The second-order valence-corrected chi connectivity index (χ2v) is 10.5. The van der Waals surface area contributed by atoms with Gasteiger partial charge in [0.1, 0.15) is 11.4 Å². The largest absolute Gasteiger partial charge is 0.337 e. The number of para-hydroxylation sites is 1. The molecule has 0 radical (unpaired) electrons. The smallest absolute Gasteiger partial charge is 0.226 e. The van der Waals surface area contributed by atoms with Crippen molar-refractivity contribution in [3.63, 3.8) is 0 Å². The summed E-state index contributed by atoms with van der Waals surface area (Å²) in [5.41, 5.74) is 3.96. The van der Waals surface area contributed by atoms with Crippen LogP contribution in [-0.2, 0) is 4.79 Å². The Morgan fingerprint density at radius 2 is 1.90 bits per heavy atom. The Morgan fingerprint density at radius 3 is 2.67 bits per heavy atom. The number of fused-ring (bicyclic) bond motifs is 2. The number of aromatic amines is 2. The van der Waals surface area contributed by atoms with Gasteiger partial charge >= 0.3 is 0 Å². The van der Waals surface area contributed by atoms with Crippen LogP contribution in [0.3, 0.4) is 0 Å². The molecule has 0 aliphatic heterocycles. The number of ketones is 1. The minimum absolute atomic E-state index is 0.00654. The predicted molar refractivity (Wildman–Crippen MR) is 149 cm³/mol. The van der Waals surface area contributed by atoms with Gasteiger partial charge in [-0.25, -0.2) is 9.37 Å². The Kier molecular flexibility index (Phi) is 5.99. The van der Waals surface area contributed by atoms with Crippen molar-refractivity contribution < 1.29 is 14.0 Å². The lowest BCUT2D eigenvalue weighted by molar-refractivity contribution is -0.118. The zero-order chi connectivity index (χ0) is 27.3. The molecule has 39 heavy (non-hydrogen) atoms. The number of nitrogens with one attached hydrogen (secondary N) is 3. The number of hydrogen-bond donors (Lipinski definition) is 3. The van der Waals surface area contributed by atoms with E-state index in [0.717, 1.165) is 16.0 Å². The van der Waals surface area contributed by atoms with Crippen molar-refractivity contribution in [2.24, 2.45) is 5.92 Å². The van der Waals surface area contributed by atoms with Crippen LogP contribution in [0.5, 0.6) is 0 Å². The predicted octanol–water partition coefficient (Wildman–Crippen LogP) is 6.23. The fourth-order valence-electron chi connectivity index (χ4n) is 4.29. The molecule has 9 nitrogen and oxygen atoms in total. The summed E-state index contributed by atoms with van der Waals surface area (Å²) in [6.45, 7) is 5.11. The first kappa shape index (κ1) is 24.6. The van der Waals surface area contributed by atoms with E-state index in [1.165, 1.54) is 36.9 Å². The minimum atomic E-state index is -0.588. The van der Waals surface area contributed by atoms with Gasteiger partial charge in [-0.15, -0.1) is 11.3 Å². The van der Waals surface area contributed by atoms with Crippen molar-refractivity contribution in [1.82, 2.24) is 30.1 Å². The molecule has 0 saturated heterocycles. The standard InChI is InChI=1S/C28H22FN7O2S/c1-13(2)28(38)32-16-9-15(10-30-11-16)24-23(29)22-19(12-31-24)35-36-26(22)27-33-18-6-4-5-17(25(18)34-27)21-8-7-20(39-21)14(3)37/h4-13H,1-3H3,(H,32,38)(H,33,34)(H,35,36). The van der Waals surface area contributed by atoms with Gasteiger partial charge in [-0.1, -0.05) is 26.0 Å². The van der Waals surface area contributed by atoms with Crippen LogP contribution >= 0.6 is 11.3 Å². The zero-order valence-corrected chi connectivity index (χ0v) is 22.0. The second kappa shape index (κ2) is 9.52. The summed E-state index contributed by atoms with van der Waals surface area (Å²) in [4.78, 5) is 42.0. The molecule has 0 spiro atoms. The molecule has 5 heterocycles. The highest BCUT2D eigenvalue weighted by molar-refractivity contribution is 7.17. The number of rotatable bonds is 6. The number of anilines is 1. The first-order chi connectivity index (χ1) is 18.8. The van der Waals surface area contributed by atoms with E-state index >= 15 is 4.39 Å². The van der Waals surface area contributed by atoms with Gasteiger partial charge in [-0.05, 0) is 31.2 Å². The molecule has 3 N–H and O–H groups in total. The highest BCUT2D eigenvalue weighted by Gasteiger charge is 2.22. The summed E-state index contributed by atoms with van der Waals surface area (Å²) in [5.74, 6) is -0.574. The third-order valence-corrected chi connectivity index (χ3v) is 7.52. The SMILES string of the molecule is CC(=O)c1ccc(-c2cccc3[nH]c(-c4n[nH]c5cnc(-c6cncc(NC(=O)C(C)C)c6)c(F)c45)nc23)s1. The van der Waals surface area contributed by atoms with Gasteiger partial charge in [0.05, 0.1) is 44.9 Å². The molecule has 6 rings (SSSR count). The van der Waals surface area contributed by atoms with Crippen LogP contribution < -0.4 is 5.32 Å². The lowest BCUT2D eigenvalue weighted by Crippen LogP contribution is -2.17. The van der Waals surface area contributed by atoms with E-state index in [2.05, 4.69) is 30.5 Å². The monoisotopic (exact) mass is 539 g/mol. The summed E-state index contributed by atoms with van der Waals surface area (Å²) >= 11 is 1.40. The summed E-state index contributed by atoms with van der Waals surface area (Å²) in [7, 11) is 0. The Bertz CT molecular complexity index is 1900. The van der Waals surface area contributed by atoms with Crippen molar-refractivity contribution >= 4 is 50.7 Å². The molecule has 1 aromatic carbocycles. The fourth-order valence-corrected chi connectivity index (χ4v) is 5.21. The maximum Gasteiger partial charge on any atom is 0.226 e. The molecular weight excluding hydrogens is 517 g/mol. The number of imidazole rings is 1. The third kappa shape index (κ3) is 4.36. The van der Waals surface area contributed by atoms with Crippen molar-refractivity contribution in [1.29, 1.82) is 0 Å². The van der Waals surface area contributed by atoms with Crippen molar-refractivity contribution in [3.05, 3.63) is 65.7 Å². The van der Waals surface area contributed by atoms with E-state index in [4.69, 9.17) is 4.98 Å². The van der Waals surface area contributed by atoms with E-state index in [1.807, 2.05) is 24.3 Å². The van der Waals surface area contributed by atoms with Crippen molar-refractivity contribution in [3.8, 4) is 33.2 Å². The second-order valence-electron chi connectivity index (χ2n) is 9.40. The Labute approximate surface area is 225 Å². The topological polar surface area (TPSA) is 129 Å². The van der Waals surface area contributed by atoms with E-state index in [-0.39, 0.29) is 28.7 Å². The number of Topliss-reactive ketones (excluding diaryl/α,β-unsaturated/α-hetero) is 1. The Balaban J connectivity index is 1.44. The molecule has 5 aromatic heterocycles. The van der Waals surface area contributed by atoms with Crippen LogP contribution in [0, 0.1) is 11.7 Å². The number of carbonyl (C=O) groups is 2. The maximum absolute atomic E-state index is 16.0. The molecular formula is C28H22FN7O2S. The Morgan fingerprint density at radius 1 is 1.05 bits per heavy atom. The maximum atomic E-state index is 16.0. The third-order valence-electron chi connectivity index (χ3n) is 6.30. The van der Waals surface area contributed by atoms with Crippen LogP contribution in [0.4, 0.5) is 10.1 Å². The molecule has 11 heteroatoms. The lowest BCUT2D eigenvalue weighted by atomic mass is 10.1. The number of pyridine rings is 2. The van der Waals surface area contributed by atoms with E-state index in [9.17, 15) is 9.59 Å². The van der Waals surface area contributed by atoms with Crippen LogP contribution in [-0.4, -0.2) is 41.8 Å². The normalized spacial score (nSPS) is 11.5. The lowest BCUT2D eigenvalue weighted by Gasteiger charge is -2.09.